The van der Waals surface area contributed by atoms with Gasteiger partial charge in [-0.2, -0.15) is 0 Å². The van der Waals surface area contributed by atoms with Crippen molar-refractivity contribution < 1.29 is 4.79 Å². The van der Waals surface area contributed by atoms with Crippen molar-refractivity contribution in [1.82, 2.24) is 24.5 Å². The second kappa shape index (κ2) is 8.09. The molecule has 7 nitrogen and oxygen atoms in total. The number of pyridine rings is 1. The van der Waals surface area contributed by atoms with Crippen molar-refractivity contribution in [3.05, 3.63) is 70.6 Å². The van der Waals surface area contributed by atoms with Crippen molar-refractivity contribution in [2.24, 2.45) is 0 Å². The van der Waals surface area contributed by atoms with E-state index >= 15 is 0 Å². The quantitative estimate of drug-likeness (QED) is 0.516. The van der Waals surface area contributed by atoms with E-state index in [1.165, 1.54) is 4.40 Å². The van der Waals surface area contributed by atoms with E-state index in [1.807, 2.05) is 36.4 Å². The van der Waals surface area contributed by atoms with Crippen molar-refractivity contribution in [1.29, 1.82) is 0 Å². The van der Waals surface area contributed by atoms with Crippen LogP contribution in [0.1, 0.15) is 10.4 Å². The maximum atomic E-state index is 13.1. The summed E-state index contributed by atoms with van der Waals surface area (Å²) in [4.78, 5) is 35.4. The molecule has 1 amide bonds. The summed E-state index contributed by atoms with van der Waals surface area (Å²) in [5, 5.41) is 5.55. The highest BCUT2D eigenvalue weighted by Gasteiger charge is 2.16. The van der Waals surface area contributed by atoms with Crippen LogP contribution in [0.2, 0.25) is 0 Å². The van der Waals surface area contributed by atoms with Gasteiger partial charge in [0, 0.05) is 45.5 Å². The molecule has 4 aromatic rings. The van der Waals surface area contributed by atoms with Gasteiger partial charge < -0.3 is 10.2 Å². The molecule has 3 heterocycles. The lowest BCUT2D eigenvalue weighted by atomic mass is 10.1. The van der Waals surface area contributed by atoms with Crippen LogP contribution in [-0.2, 0) is 0 Å². The Labute approximate surface area is 179 Å². The fourth-order valence-corrected chi connectivity index (χ4v) is 4.19. The number of benzene rings is 2. The summed E-state index contributed by atoms with van der Waals surface area (Å²) >= 11 is 0. The minimum Gasteiger partial charge on any atom is -0.351 e. The third kappa shape index (κ3) is 3.78. The fourth-order valence-electron chi connectivity index (χ4n) is 4.19. The smallest absolute Gasteiger partial charge is 0.265 e. The highest BCUT2D eigenvalue weighted by Crippen LogP contribution is 2.20. The zero-order valence-corrected chi connectivity index (χ0v) is 17.5. The average Bonchev–Trinajstić information content (AvgIpc) is 2.79. The van der Waals surface area contributed by atoms with Gasteiger partial charge in [0.1, 0.15) is 0 Å². The van der Waals surface area contributed by atoms with Gasteiger partial charge in [0.05, 0.1) is 16.5 Å². The summed E-state index contributed by atoms with van der Waals surface area (Å²) in [6, 6.07) is 15.1. The number of likely N-dealkylation sites (N-methyl/N-ethyl adjacent to an activating group) is 1. The van der Waals surface area contributed by atoms with E-state index in [9.17, 15) is 9.59 Å². The van der Waals surface area contributed by atoms with Crippen molar-refractivity contribution >= 4 is 33.2 Å². The molecule has 1 fully saturated rings. The van der Waals surface area contributed by atoms with Gasteiger partial charge in [-0.15, -0.1) is 0 Å². The topological polar surface area (TPSA) is 69.9 Å². The van der Waals surface area contributed by atoms with Crippen molar-refractivity contribution in [2.45, 2.75) is 0 Å². The van der Waals surface area contributed by atoms with E-state index < -0.39 is 0 Å². The van der Waals surface area contributed by atoms with Crippen LogP contribution >= 0.6 is 0 Å². The Kier molecular flexibility index (Phi) is 5.13. The summed E-state index contributed by atoms with van der Waals surface area (Å²) in [5.74, 6) is -0.209. The minimum absolute atomic E-state index is 0.169. The van der Waals surface area contributed by atoms with Crippen LogP contribution in [0.5, 0.6) is 0 Å². The monoisotopic (exact) mass is 415 g/mol. The summed E-state index contributed by atoms with van der Waals surface area (Å²) in [7, 11) is 2.13. The van der Waals surface area contributed by atoms with E-state index in [4.69, 9.17) is 4.98 Å². The SMILES string of the molecule is CN1CCN(CCNC(=O)c2cccn3c(=O)c4cc5ccccc5cc4nc23)CC1. The van der Waals surface area contributed by atoms with Gasteiger partial charge in [-0.05, 0) is 42.1 Å². The molecule has 0 unspecified atom stereocenters. The Morgan fingerprint density at radius 2 is 1.77 bits per heavy atom. The molecule has 2 aromatic carbocycles. The summed E-state index contributed by atoms with van der Waals surface area (Å²) in [5.41, 5.74) is 1.22. The Balaban J connectivity index is 1.45. The van der Waals surface area contributed by atoms with Gasteiger partial charge in [-0.3, -0.25) is 18.9 Å². The second-order valence-electron chi connectivity index (χ2n) is 8.15. The maximum absolute atomic E-state index is 13.1. The Hall–Kier alpha value is -3.29. The number of hydrogen-bond donors (Lipinski definition) is 1. The summed E-state index contributed by atoms with van der Waals surface area (Å²) in [6.07, 6.45) is 1.67. The van der Waals surface area contributed by atoms with Crippen LogP contribution < -0.4 is 10.9 Å². The molecule has 0 bridgehead atoms. The van der Waals surface area contributed by atoms with E-state index in [1.54, 1.807) is 18.3 Å². The lowest BCUT2D eigenvalue weighted by Gasteiger charge is -2.32. The normalized spacial score (nSPS) is 15.6. The number of aromatic nitrogens is 2. The fraction of sp³-hybridized carbons (Fsp3) is 0.292. The van der Waals surface area contributed by atoms with Crippen molar-refractivity contribution in [3.8, 4) is 0 Å². The van der Waals surface area contributed by atoms with Crippen molar-refractivity contribution in [2.75, 3.05) is 46.3 Å². The van der Waals surface area contributed by atoms with Crippen molar-refractivity contribution in [3.63, 3.8) is 0 Å². The zero-order valence-electron chi connectivity index (χ0n) is 17.5. The third-order valence-corrected chi connectivity index (χ3v) is 6.06. The highest BCUT2D eigenvalue weighted by molar-refractivity contribution is 6.02. The number of fused-ring (bicyclic) bond motifs is 3. The van der Waals surface area contributed by atoms with Gasteiger partial charge in [-0.1, -0.05) is 24.3 Å². The molecule has 0 saturated carbocycles. The number of hydrogen-bond acceptors (Lipinski definition) is 5. The minimum atomic E-state index is -0.209. The van der Waals surface area contributed by atoms with Crippen LogP contribution in [0.3, 0.4) is 0 Å². The molecular formula is C24H25N5O2. The molecule has 1 N–H and O–H groups in total. The lowest BCUT2D eigenvalue weighted by Crippen LogP contribution is -2.46. The number of nitrogens with zero attached hydrogens (tertiary/aromatic N) is 4. The number of piperazine rings is 1. The Morgan fingerprint density at radius 1 is 1.03 bits per heavy atom. The second-order valence-corrected chi connectivity index (χ2v) is 8.15. The van der Waals surface area contributed by atoms with Crippen LogP contribution in [-0.4, -0.2) is 71.4 Å². The number of amides is 1. The molecular weight excluding hydrogens is 390 g/mol. The van der Waals surface area contributed by atoms with Crippen LogP contribution in [0, 0.1) is 0 Å². The van der Waals surface area contributed by atoms with Gasteiger partial charge in [0.15, 0.2) is 5.65 Å². The Bertz CT molecular complexity index is 1340. The molecule has 158 valence electrons. The molecule has 0 aliphatic carbocycles. The van der Waals surface area contributed by atoms with Crippen LogP contribution in [0.25, 0.3) is 27.3 Å². The van der Waals surface area contributed by atoms with Gasteiger partial charge in [0.25, 0.3) is 11.5 Å². The predicted octanol–water partition coefficient (Wildman–Crippen LogP) is 1.98. The molecule has 1 aliphatic heterocycles. The number of nitrogens with one attached hydrogen (secondary N) is 1. The van der Waals surface area contributed by atoms with E-state index in [0.29, 0.717) is 28.7 Å². The van der Waals surface area contributed by atoms with Gasteiger partial charge >= 0.3 is 0 Å². The molecule has 1 aliphatic rings. The lowest BCUT2D eigenvalue weighted by molar-refractivity contribution is 0.0942. The highest BCUT2D eigenvalue weighted by atomic mass is 16.2. The maximum Gasteiger partial charge on any atom is 0.265 e. The first-order chi connectivity index (χ1) is 15.1. The molecule has 2 aromatic heterocycles. The molecule has 1 saturated heterocycles. The van der Waals surface area contributed by atoms with Crippen LogP contribution in [0.4, 0.5) is 0 Å². The molecule has 7 heteroatoms. The average molecular weight is 415 g/mol. The summed E-state index contributed by atoms with van der Waals surface area (Å²) in [6.45, 7) is 5.49. The van der Waals surface area contributed by atoms with E-state index in [-0.39, 0.29) is 11.5 Å². The molecule has 0 atom stereocenters. The standard InChI is InChI=1S/C24H25N5O2/c1-27-11-13-28(14-12-27)10-8-25-23(30)19-7-4-9-29-22(19)26-21-16-18-6-3-2-5-17(18)15-20(21)24(29)31/h2-7,9,15-16H,8,10-14H2,1H3,(H,25,30). The zero-order chi connectivity index (χ0) is 21.4. The molecule has 31 heavy (non-hydrogen) atoms. The number of carbonyl (C=O) groups is 1. The number of carbonyl (C=O) groups excluding carboxylic acids is 1. The van der Waals surface area contributed by atoms with E-state index in [0.717, 1.165) is 43.5 Å². The Morgan fingerprint density at radius 3 is 2.55 bits per heavy atom. The first-order valence-corrected chi connectivity index (χ1v) is 10.6. The van der Waals surface area contributed by atoms with Gasteiger partial charge in [-0.25, -0.2) is 4.98 Å². The molecule has 5 rings (SSSR count). The van der Waals surface area contributed by atoms with Crippen LogP contribution in [0.15, 0.2) is 59.5 Å². The predicted molar refractivity (Wildman–Crippen MR) is 123 cm³/mol. The summed E-state index contributed by atoms with van der Waals surface area (Å²) < 4.78 is 1.46. The van der Waals surface area contributed by atoms with E-state index in [2.05, 4.69) is 22.2 Å². The van der Waals surface area contributed by atoms with Gasteiger partial charge in [0.2, 0.25) is 0 Å². The first-order valence-electron chi connectivity index (χ1n) is 10.6. The molecule has 0 radical (unpaired) electrons. The first kappa shape index (κ1) is 19.7. The number of rotatable bonds is 4. The largest absolute Gasteiger partial charge is 0.351 e. The molecule has 0 spiro atoms. The third-order valence-electron chi connectivity index (χ3n) is 6.06.